The highest BCUT2D eigenvalue weighted by atomic mass is 16.5. The molecule has 24 heavy (non-hydrogen) atoms. The van der Waals surface area contributed by atoms with Gasteiger partial charge in [0.1, 0.15) is 6.10 Å². The van der Waals surface area contributed by atoms with Crippen molar-refractivity contribution in [3.05, 3.63) is 48.2 Å². The number of pyridine rings is 1. The molecule has 2 N–H and O–H groups in total. The number of hydrogen-bond donors (Lipinski definition) is 2. The molecule has 1 saturated carbocycles. The molecule has 0 spiro atoms. The maximum atomic E-state index is 10.6. The number of nitrogens with one attached hydrogen (secondary N) is 1. The number of aliphatic hydroxyl groups is 1. The molecule has 2 atom stereocenters. The van der Waals surface area contributed by atoms with Crippen LogP contribution in [-0.4, -0.2) is 29.3 Å². The lowest BCUT2D eigenvalue weighted by atomic mass is 9.89. The molecule has 1 saturated heterocycles. The average Bonchev–Trinajstić information content (AvgIpc) is 3.47. The fourth-order valence-electron chi connectivity index (χ4n) is 3.27. The first-order valence-corrected chi connectivity index (χ1v) is 8.91. The second-order valence-electron chi connectivity index (χ2n) is 6.88. The minimum Gasteiger partial charge on any atom is -0.474 e. The lowest BCUT2D eigenvalue weighted by Gasteiger charge is -2.27. The van der Waals surface area contributed by atoms with Gasteiger partial charge in [-0.1, -0.05) is 24.3 Å². The summed E-state index contributed by atoms with van der Waals surface area (Å²) < 4.78 is 5.68. The second kappa shape index (κ2) is 6.91. The summed E-state index contributed by atoms with van der Waals surface area (Å²) in [6.07, 6.45) is 6.35. The van der Waals surface area contributed by atoms with Gasteiger partial charge in [0.25, 0.3) is 0 Å². The molecular weight excluding hydrogens is 300 g/mol. The molecule has 4 rings (SSSR count). The van der Waals surface area contributed by atoms with E-state index >= 15 is 0 Å². The Balaban J connectivity index is 1.44. The highest BCUT2D eigenvalue weighted by Gasteiger charge is 2.24. The molecule has 4 nitrogen and oxygen atoms in total. The van der Waals surface area contributed by atoms with Crippen LogP contribution in [0.3, 0.4) is 0 Å². The van der Waals surface area contributed by atoms with Gasteiger partial charge in [0.2, 0.25) is 5.88 Å². The molecular formula is C20H24N2O2. The molecule has 0 bridgehead atoms. The highest BCUT2D eigenvalue weighted by molar-refractivity contribution is 5.63. The normalized spacial score (nSPS) is 22.1. The van der Waals surface area contributed by atoms with Crippen LogP contribution >= 0.6 is 0 Å². The van der Waals surface area contributed by atoms with Crippen LogP contribution in [0, 0.1) is 5.92 Å². The van der Waals surface area contributed by atoms with E-state index in [1.54, 1.807) is 0 Å². The van der Waals surface area contributed by atoms with Crippen molar-refractivity contribution in [2.24, 2.45) is 5.92 Å². The Kier molecular flexibility index (Phi) is 4.50. The monoisotopic (exact) mass is 324 g/mol. The molecule has 1 aromatic carbocycles. The Morgan fingerprint density at radius 2 is 1.83 bits per heavy atom. The standard InChI is InChI=1S/C20H24N2O2/c23-20(17-2-1-11-21-12-17)15-5-3-14(4-6-15)16-7-10-19(22-13-16)24-18-8-9-18/h3-7,10,13,17-18,20-21,23H,1-2,8-9,11-12H2. The Morgan fingerprint density at radius 3 is 2.46 bits per heavy atom. The van der Waals surface area contributed by atoms with Crippen LogP contribution < -0.4 is 10.1 Å². The lowest BCUT2D eigenvalue weighted by molar-refractivity contribution is 0.0922. The predicted molar refractivity (Wildman–Crippen MR) is 93.9 cm³/mol. The number of hydrogen-bond acceptors (Lipinski definition) is 4. The smallest absolute Gasteiger partial charge is 0.213 e. The van der Waals surface area contributed by atoms with E-state index in [0.29, 0.717) is 17.9 Å². The Labute approximate surface area is 142 Å². The van der Waals surface area contributed by atoms with E-state index < -0.39 is 0 Å². The Hall–Kier alpha value is -1.91. The van der Waals surface area contributed by atoms with E-state index in [4.69, 9.17) is 4.74 Å². The molecule has 2 aromatic rings. The number of rotatable bonds is 5. The fourth-order valence-corrected chi connectivity index (χ4v) is 3.27. The van der Waals surface area contributed by atoms with Crippen LogP contribution in [0.5, 0.6) is 5.88 Å². The first-order valence-electron chi connectivity index (χ1n) is 8.91. The van der Waals surface area contributed by atoms with Crippen molar-refractivity contribution in [3.8, 4) is 17.0 Å². The molecule has 1 aliphatic heterocycles. The summed E-state index contributed by atoms with van der Waals surface area (Å²) in [4.78, 5) is 4.39. The number of ether oxygens (including phenoxy) is 1. The molecule has 2 fully saturated rings. The molecule has 4 heteroatoms. The molecule has 0 radical (unpaired) electrons. The maximum Gasteiger partial charge on any atom is 0.213 e. The van der Waals surface area contributed by atoms with Gasteiger partial charge < -0.3 is 15.2 Å². The van der Waals surface area contributed by atoms with Gasteiger partial charge in [-0.25, -0.2) is 4.98 Å². The van der Waals surface area contributed by atoms with E-state index in [9.17, 15) is 5.11 Å². The third-order valence-corrected chi connectivity index (χ3v) is 4.92. The number of aliphatic hydroxyl groups excluding tert-OH is 1. The van der Waals surface area contributed by atoms with Crippen molar-refractivity contribution < 1.29 is 9.84 Å². The van der Waals surface area contributed by atoms with E-state index in [1.807, 2.05) is 30.5 Å². The highest BCUT2D eigenvalue weighted by Crippen LogP contribution is 2.30. The molecule has 1 aliphatic carbocycles. The summed E-state index contributed by atoms with van der Waals surface area (Å²) in [7, 11) is 0. The minimum atomic E-state index is -0.390. The van der Waals surface area contributed by atoms with Crippen molar-refractivity contribution in [3.63, 3.8) is 0 Å². The zero-order valence-corrected chi connectivity index (χ0v) is 13.8. The third-order valence-electron chi connectivity index (χ3n) is 4.92. The maximum absolute atomic E-state index is 10.6. The third kappa shape index (κ3) is 3.60. The molecule has 2 heterocycles. The van der Waals surface area contributed by atoms with Gasteiger partial charge in [0.15, 0.2) is 0 Å². The van der Waals surface area contributed by atoms with Gasteiger partial charge in [0, 0.05) is 30.3 Å². The molecule has 2 aliphatic rings. The van der Waals surface area contributed by atoms with E-state index in [2.05, 4.69) is 22.4 Å². The zero-order valence-electron chi connectivity index (χ0n) is 13.8. The fraction of sp³-hybridized carbons (Fsp3) is 0.450. The molecule has 126 valence electrons. The van der Waals surface area contributed by atoms with Crippen molar-refractivity contribution in [1.29, 1.82) is 0 Å². The van der Waals surface area contributed by atoms with Crippen molar-refractivity contribution in [2.75, 3.05) is 13.1 Å². The van der Waals surface area contributed by atoms with Crippen LogP contribution in [0.15, 0.2) is 42.6 Å². The van der Waals surface area contributed by atoms with Crippen molar-refractivity contribution in [2.45, 2.75) is 37.9 Å². The van der Waals surface area contributed by atoms with E-state index in [0.717, 1.165) is 55.5 Å². The summed E-state index contributed by atoms with van der Waals surface area (Å²) in [5.41, 5.74) is 3.17. The molecule has 1 aromatic heterocycles. The average molecular weight is 324 g/mol. The summed E-state index contributed by atoms with van der Waals surface area (Å²) in [6, 6.07) is 12.2. The van der Waals surface area contributed by atoms with E-state index in [-0.39, 0.29) is 6.10 Å². The quantitative estimate of drug-likeness (QED) is 0.886. The van der Waals surface area contributed by atoms with Crippen molar-refractivity contribution in [1.82, 2.24) is 10.3 Å². The topological polar surface area (TPSA) is 54.4 Å². The van der Waals surface area contributed by atoms with Gasteiger partial charge in [-0.05, 0) is 49.4 Å². The van der Waals surface area contributed by atoms with Crippen LogP contribution in [0.4, 0.5) is 0 Å². The zero-order chi connectivity index (χ0) is 16.4. The van der Waals surface area contributed by atoms with Crippen LogP contribution in [-0.2, 0) is 0 Å². The lowest BCUT2D eigenvalue weighted by Crippen LogP contribution is -2.33. The van der Waals surface area contributed by atoms with Gasteiger partial charge in [0.05, 0.1) is 6.10 Å². The van der Waals surface area contributed by atoms with Crippen molar-refractivity contribution >= 4 is 0 Å². The summed E-state index contributed by atoms with van der Waals surface area (Å²) in [5.74, 6) is 1.02. The predicted octanol–water partition coefficient (Wildman–Crippen LogP) is 3.32. The summed E-state index contributed by atoms with van der Waals surface area (Å²) in [6.45, 7) is 1.96. The van der Waals surface area contributed by atoms with Gasteiger partial charge in [-0.15, -0.1) is 0 Å². The SMILES string of the molecule is OC(c1ccc(-c2ccc(OC3CC3)nc2)cc1)C1CCCNC1. The summed E-state index contributed by atoms with van der Waals surface area (Å²) in [5, 5.41) is 13.9. The molecule has 2 unspecified atom stereocenters. The number of aromatic nitrogens is 1. The first kappa shape index (κ1) is 15.6. The van der Waals surface area contributed by atoms with Crippen LogP contribution in [0.25, 0.3) is 11.1 Å². The van der Waals surface area contributed by atoms with Gasteiger partial charge >= 0.3 is 0 Å². The number of benzene rings is 1. The van der Waals surface area contributed by atoms with Crippen LogP contribution in [0.2, 0.25) is 0 Å². The minimum absolute atomic E-state index is 0.310. The first-order chi connectivity index (χ1) is 11.8. The number of nitrogens with zero attached hydrogens (tertiary/aromatic N) is 1. The Bertz CT molecular complexity index is 659. The van der Waals surface area contributed by atoms with Crippen LogP contribution in [0.1, 0.15) is 37.4 Å². The largest absolute Gasteiger partial charge is 0.474 e. The van der Waals surface area contributed by atoms with Gasteiger partial charge in [-0.3, -0.25) is 0 Å². The van der Waals surface area contributed by atoms with Gasteiger partial charge in [-0.2, -0.15) is 0 Å². The van der Waals surface area contributed by atoms with E-state index in [1.165, 1.54) is 0 Å². The Morgan fingerprint density at radius 1 is 1.04 bits per heavy atom. The second-order valence-corrected chi connectivity index (χ2v) is 6.88. The number of piperidine rings is 1. The summed E-state index contributed by atoms with van der Waals surface area (Å²) >= 11 is 0. The molecule has 0 amide bonds.